The van der Waals surface area contributed by atoms with Gasteiger partial charge in [0.15, 0.2) is 0 Å². The SMILES string of the molecule is S=P12c3ccc(-c4cccnc4)cc3Oc3cccc(c31)Oc1cc(-c3cccnc3)ccc12. The van der Waals surface area contributed by atoms with Crippen molar-refractivity contribution < 1.29 is 9.47 Å². The zero-order valence-electron chi connectivity index (χ0n) is 17.9. The van der Waals surface area contributed by atoms with E-state index in [2.05, 4.69) is 46.4 Å². The molecule has 0 fully saturated rings. The summed E-state index contributed by atoms with van der Waals surface area (Å²) < 4.78 is 12.8. The number of aromatic nitrogens is 2. The van der Waals surface area contributed by atoms with Gasteiger partial charge in [-0.05, 0) is 59.7 Å². The topological polar surface area (TPSA) is 44.2 Å². The summed E-state index contributed by atoms with van der Waals surface area (Å²) in [6.45, 7) is 0. The van der Waals surface area contributed by atoms with Gasteiger partial charge in [-0.1, -0.05) is 42.1 Å². The summed E-state index contributed by atoms with van der Waals surface area (Å²) in [7, 11) is 0. The lowest BCUT2D eigenvalue weighted by molar-refractivity contribution is 0.466. The molecule has 0 N–H and O–H groups in total. The van der Waals surface area contributed by atoms with Crippen LogP contribution in [-0.4, -0.2) is 9.97 Å². The van der Waals surface area contributed by atoms with Crippen LogP contribution in [0, 0.1) is 0 Å². The molecule has 4 nitrogen and oxygen atoms in total. The molecule has 0 aliphatic carbocycles. The van der Waals surface area contributed by atoms with E-state index in [1.807, 2.05) is 54.9 Å². The minimum absolute atomic E-state index is 0.777. The summed E-state index contributed by atoms with van der Waals surface area (Å²) in [4.78, 5) is 8.52. The Balaban J connectivity index is 1.45. The molecule has 3 aromatic carbocycles. The van der Waals surface area contributed by atoms with Crippen LogP contribution in [0.3, 0.4) is 0 Å². The van der Waals surface area contributed by atoms with Crippen molar-refractivity contribution >= 4 is 33.8 Å². The maximum absolute atomic E-state index is 6.60. The molecule has 2 aliphatic rings. The Labute approximate surface area is 201 Å². The van der Waals surface area contributed by atoms with E-state index in [-0.39, 0.29) is 0 Å². The van der Waals surface area contributed by atoms with Gasteiger partial charge < -0.3 is 9.47 Å². The van der Waals surface area contributed by atoms with Crippen LogP contribution in [0.1, 0.15) is 0 Å². The maximum Gasteiger partial charge on any atom is 0.140 e. The van der Waals surface area contributed by atoms with E-state index in [9.17, 15) is 0 Å². The summed E-state index contributed by atoms with van der Waals surface area (Å²) in [5.74, 6) is 3.16. The monoisotopic (exact) mass is 476 g/mol. The molecule has 0 amide bonds. The van der Waals surface area contributed by atoms with Crippen molar-refractivity contribution in [3.63, 3.8) is 0 Å². The second-order valence-corrected chi connectivity index (χ2v) is 12.5. The molecular formula is C28H17N2O2PS. The van der Waals surface area contributed by atoms with Gasteiger partial charge in [0.1, 0.15) is 23.0 Å². The van der Waals surface area contributed by atoms with Gasteiger partial charge in [0.25, 0.3) is 0 Å². The van der Waals surface area contributed by atoms with Crippen molar-refractivity contribution in [2.75, 3.05) is 0 Å². The Kier molecular flexibility index (Phi) is 4.25. The Hall–Kier alpha value is -3.79. The number of fused-ring (bicyclic) bond motifs is 4. The van der Waals surface area contributed by atoms with Gasteiger partial charge in [-0.3, -0.25) is 9.97 Å². The molecule has 5 aromatic rings. The molecule has 2 aliphatic heterocycles. The fraction of sp³-hybridized carbons (Fsp3) is 0. The van der Waals surface area contributed by atoms with E-state index >= 15 is 0 Å². The van der Waals surface area contributed by atoms with Gasteiger partial charge >= 0.3 is 0 Å². The number of pyridine rings is 2. The molecule has 4 heterocycles. The third-order valence-corrected chi connectivity index (χ3v) is 11.2. The largest absolute Gasteiger partial charge is 0.456 e. The summed E-state index contributed by atoms with van der Waals surface area (Å²) in [6.07, 6.45) is 7.27. The van der Waals surface area contributed by atoms with Crippen LogP contribution in [0.15, 0.2) is 104 Å². The predicted molar refractivity (Wildman–Crippen MR) is 139 cm³/mol. The first-order valence-electron chi connectivity index (χ1n) is 10.9. The molecule has 0 spiro atoms. The average Bonchev–Trinajstić information content (AvgIpc) is 2.89. The quantitative estimate of drug-likeness (QED) is 0.296. The third kappa shape index (κ3) is 2.81. The van der Waals surface area contributed by atoms with Crippen molar-refractivity contribution in [1.82, 2.24) is 9.97 Å². The Morgan fingerprint density at radius 1 is 0.559 bits per heavy atom. The number of nitrogens with zero attached hydrogens (tertiary/aromatic N) is 2. The van der Waals surface area contributed by atoms with Crippen LogP contribution in [0.2, 0.25) is 0 Å². The molecule has 2 aromatic heterocycles. The van der Waals surface area contributed by atoms with Crippen LogP contribution in [0.4, 0.5) is 0 Å². The lowest BCUT2D eigenvalue weighted by Gasteiger charge is -2.37. The molecule has 6 heteroatoms. The highest BCUT2D eigenvalue weighted by Gasteiger charge is 2.42. The van der Waals surface area contributed by atoms with Crippen molar-refractivity contribution in [1.29, 1.82) is 0 Å². The molecule has 0 bridgehead atoms. The fourth-order valence-corrected chi connectivity index (χ4v) is 9.18. The Bertz CT molecular complexity index is 1520. The minimum Gasteiger partial charge on any atom is -0.456 e. The molecule has 0 saturated heterocycles. The van der Waals surface area contributed by atoms with E-state index in [1.165, 1.54) is 0 Å². The van der Waals surface area contributed by atoms with Crippen molar-refractivity contribution in [2.24, 2.45) is 0 Å². The highest BCUT2D eigenvalue weighted by atomic mass is 32.4. The number of benzene rings is 3. The van der Waals surface area contributed by atoms with Gasteiger partial charge in [-0.2, -0.15) is 0 Å². The molecule has 34 heavy (non-hydrogen) atoms. The van der Waals surface area contributed by atoms with E-state index in [1.54, 1.807) is 12.4 Å². The normalized spacial score (nSPS) is 14.1. The predicted octanol–water partition coefficient (Wildman–Crippen LogP) is 5.78. The van der Waals surface area contributed by atoms with Gasteiger partial charge in [0, 0.05) is 46.5 Å². The summed E-state index contributed by atoms with van der Waals surface area (Å²) in [5, 5.41) is 3.09. The maximum atomic E-state index is 6.60. The Morgan fingerprint density at radius 2 is 1.09 bits per heavy atom. The first-order valence-corrected chi connectivity index (χ1v) is 13.7. The first-order chi connectivity index (χ1) is 16.7. The first kappa shape index (κ1) is 19.7. The molecule has 0 saturated carbocycles. The highest BCUT2D eigenvalue weighted by molar-refractivity contribution is 8.26. The molecule has 0 atom stereocenters. The van der Waals surface area contributed by atoms with E-state index in [0.29, 0.717) is 0 Å². The Morgan fingerprint density at radius 3 is 1.56 bits per heavy atom. The van der Waals surface area contributed by atoms with Crippen molar-refractivity contribution in [3.8, 4) is 45.3 Å². The van der Waals surface area contributed by atoms with E-state index in [0.717, 1.165) is 61.2 Å². The van der Waals surface area contributed by atoms with E-state index < -0.39 is 6.04 Å². The standard InChI is InChI=1S/C28H17N2O2PS/c34-33-26-10-8-18(20-4-2-12-29-16-20)14-24(26)31-22-6-1-7-23(28(22)33)32-25-15-19(9-11-27(25)33)21-5-3-13-30-17-21/h1-17H. The fourth-order valence-electron chi connectivity index (χ4n) is 4.72. The minimum atomic E-state index is -2.39. The molecule has 0 unspecified atom stereocenters. The molecule has 7 rings (SSSR count). The van der Waals surface area contributed by atoms with Gasteiger partial charge in [-0.15, -0.1) is 0 Å². The summed E-state index contributed by atoms with van der Waals surface area (Å²) in [5.41, 5.74) is 4.18. The van der Waals surface area contributed by atoms with Crippen LogP contribution >= 0.6 is 6.04 Å². The average molecular weight is 476 g/mol. The smallest absolute Gasteiger partial charge is 0.140 e. The van der Waals surface area contributed by atoms with Crippen LogP contribution in [0.25, 0.3) is 22.3 Å². The van der Waals surface area contributed by atoms with Crippen LogP contribution in [0.5, 0.6) is 23.0 Å². The summed E-state index contributed by atoms with van der Waals surface area (Å²) in [6, 6.07) is 24.1. The third-order valence-electron chi connectivity index (χ3n) is 6.30. The molecule has 162 valence electrons. The second-order valence-electron chi connectivity index (χ2n) is 8.26. The van der Waals surface area contributed by atoms with Crippen molar-refractivity contribution in [3.05, 3.63) is 104 Å². The van der Waals surface area contributed by atoms with Crippen LogP contribution < -0.4 is 25.4 Å². The van der Waals surface area contributed by atoms with Crippen molar-refractivity contribution in [2.45, 2.75) is 0 Å². The number of hydrogen-bond acceptors (Lipinski definition) is 5. The number of ether oxygens (including phenoxy) is 2. The molecule has 0 radical (unpaired) electrons. The molecular weight excluding hydrogens is 459 g/mol. The van der Waals surface area contributed by atoms with Gasteiger partial charge in [-0.25, -0.2) is 0 Å². The second kappa shape index (κ2) is 7.36. The lowest BCUT2D eigenvalue weighted by atomic mass is 10.1. The highest BCUT2D eigenvalue weighted by Crippen LogP contribution is 2.59. The van der Waals surface area contributed by atoms with E-state index in [4.69, 9.17) is 21.3 Å². The van der Waals surface area contributed by atoms with Crippen LogP contribution in [-0.2, 0) is 11.8 Å². The van der Waals surface area contributed by atoms with Gasteiger partial charge in [0.05, 0.1) is 11.3 Å². The zero-order valence-corrected chi connectivity index (χ0v) is 19.6. The van der Waals surface area contributed by atoms with Gasteiger partial charge in [0.2, 0.25) is 0 Å². The number of hydrogen-bond donors (Lipinski definition) is 0. The lowest BCUT2D eigenvalue weighted by Crippen LogP contribution is -2.34. The summed E-state index contributed by atoms with van der Waals surface area (Å²) >= 11 is 6.60. The number of rotatable bonds is 2. The zero-order chi connectivity index (χ0) is 22.7.